The number of hydrogen-bond acceptors (Lipinski definition) is 10. The summed E-state index contributed by atoms with van der Waals surface area (Å²) in [5, 5.41) is 38.4. The molecule has 4 fully saturated rings. The maximum absolute atomic E-state index is 12.7. The van der Waals surface area contributed by atoms with Crippen molar-refractivity contribution in [1.82, 2.24) is 0 Å². The zero-order chi connectivity index (χ0) is 32.9. The van der Waals surface area contributed by atoms with Gasteiger partial charge < -0.3 is 34.6 Å². The fraction of sp³-hybridized carbons (Fsp3) is 0.912. The molecule has 46 heavy (non-hydrogen) atoms. The third kappa shape index (κ3) is 12.0. The highest BCUT2D eigenvalue weighted by Gasteiger charge is 2.41. The van der Waals surface area contributed by atoms with E-state index in [1.807, 2.05) is 0 Å². The van der Waals surface area contributed by atoms with Crippen molar-refractivity contribution in [1.29, 1.82) is 0 Å². The molecule has 0 aliphatic heterocycles. The van der Waals surface area contributed by atoms with E-state index in [1.54, 1.807) is 0 Å². The predicted molar refractivity (Wildman–Crippen MR) is 164 cm³/mol. The number of aliphatic hydroxyl groups excluding tert-OH is 2. The first kappa shape index (κ1) is 37.0. The molecule has 4 aliphatic rings. The minimum Gasteiger partial charge on any atom is -0.481 e. The summed E-state index contributed by atoms with van der Waals surface area (Å²) in [5.41, 5.74) is 0. The molecule has 12 heteroatoms. The van der Waals surface area contributed by atoms with Crippen LogP contribution < -0.4 is 0 Å². The van der Waals surface area contributed by atoms with Crippen LogP contribution in [0.2, 0.25) is 0 Å². The molecular formula is C34H56O12. The summed E-state index contributed by atoms with van der Waals surface area (Å²) < 4.78 is 17.3. The van der Waals surface area contributed by atoms with Crippen LogP contribution in [0.5, 0.6) is 0 Å². The Balaban J connectivity index is 0.952. The number of carbonyl (C=O) groups is 3. The van der Waals surface area contributed by atoms with Gasteiger partial charge in [0, 0.05) is 13.2 Å². The lowest BCUT2D eigenvalue weighted by molar-refractivity contribution is -0.337. The number of hydrogen-bond donors (Lipinski definition) is 4. The van der Waals surface area contributed by atoms with E-state index in [4.69, 9.17) is 24.0 Å². The Bertz CT molecular complexity index is 929. The second-order valence-electron chi connectivity index (χ2n) is 14.1. The standard InChI is InChI=1S/C34H56O12/c35-25-6-5-24(30(19-25)32(37)38)21-44-46-28-10-3-23(4-11-28)14-16-43-18-17-42-15-13-22-1-8-27(9-2-22)45-34(41)29-12-7-26(36)20-31(29)33(39)40/h22-31,35-36H,1-21H2,(H,37,38)(H,39,40). The molecule has 6 unspecified atom stereocenters. The van der Waals surface area contributed by atoms with Gasteiger partial charge >= 0.3 is 17.9 Å². The molecule has 4 aliphatic carbocycles. The first-order valence-electron chi connectivity index (χ1n) is 17.7. The van der Waals surface area contributed by atoms with E-state index in [-0.39, 0.29) is 37.6 Å². The van der Waals surface area contributed by atoms with Gasteiger partial charge in [-0.15, -0.1) is 0 Å². The summed E-state index contributed by atoms with van der Waals surface area (Å²) in [6.45, 7) is 2.77. The van der Waals surface area contributed by atoms with Crippen LogP contribution in [0.1, 0.15) is 103 Å². The van der Waals surface area contributed by atoms with Gasteiger partial charge in [0.25, 0.3) is 0 Å². The minimum absolute atomic E-state index is 0.0389. The SMILES string of the molecule is O=C(O)C1CC(O)CCC1COOC1CCC(CCOCCOCCC2CCC(OC(=O)C3CCC(O)CC3C(=O)O)CC2)CC1. The highest BCUT2D eigenvalue weighted by Crippen LogP contribution is 2.35. The first-order valence-corrected chi connectivity index (χ1v) is 17.7. The van der Waals surface area contributed by atoms with E-state index >= 15 is 0 Å². The number of esters is 1. The van der Waals surface area contributed by atoms with Crippen LogP contribution in [-0.2, 0) is 38.4 Å². The largest absolute Gasteiger partial charge is 0.481 e. The lowest BCUT2D eigenvalue weighted by Gasteiger charge is -2.33. The van der Waals surface area contributed by atoms with Gasteiger partial charge in [-0.25, -0.2) is 9.78 Å². The van der Waals surface area contributed by atoms with Gasteiger partial charge in [0.1, 0.15) is 6.10 Å². The third-order valence-corrected chi connectivity index (χ3v) is 10.8. The van der Waals surface area contributed by atoms with Gasteiger partial charge in [0.05, 0.1) is 55.9 Å². The summed E-state index contributed by atoms with van der Waals surface area (Å²) >= 11 is 0. The lowest BCUT2D eigenvalue weighted by atomic mass is 9.78. The summed E-state index contributed by atoms with van der Waals surface area (Å²) in [7, 11) is 0. The second kappa shape index (κ2) is 19.2. The molecular weight excluding hydrogens is 600 g/mol. The minimum atomic E-state index is -1.04. The zero-order valence-electron chi connectivity index (χ0n) is 27.2. The quantitative estimate of drug-likeness (QED) is 0.0763. The summed E-state index contributed by atoms with van der Waals surface area (Å²) in [4.78, 5) is 46.8. The highest BCUT2D eigenvalue weighted by molar-refractivity contribution is 5.81. The number of carboxylic acids is 2. The van der Waals surface area contributed by atoms with Crippen molar-refractivity contribution in [3.63, 3.8) is 0 Å². The Labute approximate surface area is 272 Å². The number of aliphatic carboxylic acids is 2. The first-order chi connectivity index (χ1) is 22.2. The van der Waals surface area contributed by atoms with Crippen LogP contribution in [0.4, 0.5) is 0 Å². The molecule has 0 radical (unpaired) electrons. The van der Waals surface area contributed by atoms with Gasteiger partial charge in [-0.05, 0) is 120 Å². The summed E-state index contributed by atoms with van der Waals surface area (Å²) in [6.07, 6.45) is 10.5. The Morgan fingerprint density at radius 1 is 0.565 bits per heavy atom. The molecule has 264 valence electrons. The summed E-state index contributed by atoms with van der Waals surface area (Å²) in [5.74, 6) is -3.47. The average Bonchev–Trinajstić information content (AvgIpc) is 3.04. The molecule has 0 amide bonds. The van der Waals surface area contributed by atoms with E-state index in [0.717, 1.165) is 64.2 Å². The maximum atomic E-state index is 12.7. The Kier molecular flexibility index (Phi) is 15.5. The number of rotatable bonds is 17. The molecule has 4 saturated carbocycles. The highest BCUT2D eigenvalue weighted by atomic mass is 17.2. The maximum Gasteiger partial charge on any atom is 0.310 e. The van der Waals surface area contributed by atoms with Crippen LogP contribution in [0.25, 0.3) is 0 Å². The van der Waals surface area contributed by atoms with Crippen molar-refractivity contribution in [2.45, 2.75) is 127 Å². The van der Waals surface area contributed by atoms with E-state index in [9.17, 15) is 34.8 Å². The van der Waals surface area contributed by atoms with E-state index < -0.39 is 47.9 Å². The van der Waals surface area contributed by atoms with E-state index in [2.05, 4.69) is 0 Å². The Hall–Kier alpha value is -1.83. The fourth-order valence-corrected chi connectivity index (χ4v) is 7.77. The molecule has 0 saturated heterocycles. The lowest BCUT2D eigenvalue weighted by Crippen LogP contribution is -2.39. The average molecular weight is 657 g/mol. The van der Waals surface area contributed by atoms with Crippen LogP contribution in [0, 0.1) is 35.5 Å². The number of carboxylic acid groups (broad SMARTS) is 2. The number of aliphatic hydroxyl groups is 2. The van der Waals surface area contributed by atoms with Crippen molar-refractivity contribution in [2.75, 3.05) is 33.0 Å². The molecule has 0 heterocycles. The number of carbonyl (C=O) groups excluding carboxylic acids is 1. The van der Waals surface area contributed by atoms with Crippen molar-refractivity contribution in [3.05, 3.63) is 0 Å². The molecule has 0 aromatic rings. The summed E-state index contributed by atoms with van der Waals surface area (Å²) in [6, 6.07) is 0. The van der Waals surface area contributed by atoms with Gasteiger partial charge in [-0.3, -0.25) is 14.4 Å². The topological polar surface area (TPSA) is 178 Å². The second-order valence-corrected chi connectivity index (χ2v) is 14.1. The van der Waals surface area contributed by atoms with E-state index in [1.165, 1.54) is 0 Å². The Morgan fingerprint density at radius 2 is 1.09 bits per heavy atom. The van der Waals surface area contributed by atoms with Gasteiger partial charge in [-0.2, -0.15) is 0 Å². The smallest absolute Gasteiger partial charge is 0.310 e. The molecule has 0 aromatic heterocycles. The van der Waals surface area contributed by atoms with E-state index in [0.29, 0.717) is 63.9 Å². The number of ether oxygens (including phenoxy) is 3. The van der Waals surface area contributed by atoms with Gasteiger partial charge in [0.15, 0.2) is 0 Å². The van der Waals surface area contributed by atoms with Crippen LogP contribution in [-0.4, -0.2) is 95.8 Å². The molecule has 0 spiro atoms. The molecule has 0 aromatic carbocycles. The predicted octanol–water partition coefficient (Wildman–Crippen LogP) is 4.13. The molecule has 6 atom stereocenters. The normalized spacial score (nSPS) is 35.3. The van der Waals surface area contributed by atoms with Crippen LogP contribution in [0.3, 0.4) is 0 Å². The van der Waals surface area contributed by atoms with Gasteiger partial charge in [0.2, 0.25) is 0 Å². The fourth-order valence-electron chi connectivity index (χ4n) is 7.77. The van der Waals surface area contributed by atoms with Crippen molar-refractivity contribution < 1.29 is 58.8 Å². The molecule has 12 nitrogen and oxygen atoms in total. The van der Waals surface area contributed by atoms with Gasteiger partial charge in [-0.1, -0.05) is 0 Å². The molecule has 0 bridgehead atoms. The van der Waals surface area contributed by atoms with Crippen LogP contribution >= 0.6 is 0 Å². The monoisotopic (exact) mass is 656 g/mol. The van der Waals surface area contributed by atoms with Crippen molar-refractivity contribution in [3.8, 4) is 0 Å². The third-order valence-electron chi connectivity index (χ3n) is 10.8. The van der Waals surface area contributed by atoms with Crippen LogP contribution in [0.15, 0.2) is 0 Å². The zero-order valence-corrected chi connectivity index (χ0v) is 27.2. The van der Waals surface area contributed by atoms with Crippen molar-refractivity contribution in [2.24, 2.45) is 35.5 Å². The molecule has 4 rings (SSSR count). The van der Waals surface area contributed by atoms with Crippen molar-refractivity contribution >= 4 is 17.9 Å². The Morgan fingerprint density at radius 3 is 1.65 bits per heavy atom. The molecule has 4 N–H and O–H groups in total.